The number of halogens is 1. The maximum Gasteiger partial charge on any atom is 0.123 e. The van der Waals surface area contributed by atoms with E-state index < -0.39 is 0 Å². The second kappa shape index (κ2) is 6.86. The van der Waals surface area contributed by atoms with Gasteiger partial charge in [-0.05, 0) is 43.6 Å². The third-order valence-corrected chi connectivity index (χ3v) is 5.04. The molecule has 0 amide bonds. The first kappa shape index (κ1) is 14.9. The SMILES string of the molecule is C[NH+]1CCN(C2CCN(Cc3ccc(F)cc3)CC2)CC1. The zero-order valence-electron chi connectivity index (χ0n) is 13.0. The Labute approximate surface area is 127 Å². The van der Waals surface area contributed by atoms with Crippen molar-refractivity contribution >= 4 is 0 Å². The Balaban J connectivity index is 1.45. The predicted molar refractivity (Wildman–Crippen MR) is 82.9 cm³/mol. The molecular formula is C17H27FN3+. The summed E-state index contributed by atoms with van der Waals surface area (Å²) >= 11 is 0. The molecule has 0 atom stereocenters. The van der Waals surface area contributed by atoms with Crippen LogP contribution in [0.25, 0.3) is 0 Å². The van der Waals surface area contributed by atoms with E-state index in [0.717, 1.165) is 12.6 Å². The van der Waals surface area contributed by atoms with Crippen LogP contribution >= 0.6 is 0 Å². The molecule has 1 aromatic carbocycles. The van der Waals surface area contributed by atoms with E-state index in [1.54, 1.807) is 17.0 Å². The van der Waals surface area contributed by atoms with Crippen molar-refractivity contribution in [2.45, 2.75) is 25.4 Å². The molecule has 3 nitrogen and oxygen atoms in total. The lowest BCUT2D eigenvalue weighted by atomic mass is 10.0. The minimum absolute atomic E-state index is 0.144. The van der Waals surface area contributed by atoms with Gasteiger partial charge in [0.05, 0.1) is 20.1 Å². The van der Waals surface area contributed by atoms with E-state index in [1.165, 1.54) is 57.7 Å². The van der Waals surface area contributed by atoms with Gasteiger partial charge in [0.1, 0.15) is 5.82 Å². The minimum atomic E-state index is -0.144. The summed E-state index contributed by atoms with van der Waals surface area (Å²) in [5.41, 5.74) is 1.22. The van der Waals surface area contributed by atoms with Crippen LogP contribution in [0.1, 0.15) is 18.4 Å². The zero-order valence-corrected chi connectivity index (χ0v) is 13.0. The van der Waals surface area contributed by atoms with E-state index in [0.29, 0.717) is 0 Å². The number of quaternary nitrogens is 1. The molecule has 0 aromatic heterocycles. The monoisotopic (exact) mass is 292 g/mol. The molecule has 2 fully saturated rings. The van der Waals surface area contributed by atoms with Crippen LogP contribution < -0.4 is 4.90 Å². The van der Waals surface area contributed by atoms with Crippen molar-refractivity contribution in [3.05, 3.63) is 35.6 Å². The normalized spacial score (nSPS) is 23.5. The van der Waals surface area contributed by atoms with Crippen LogP contribution in [0.3, 0.4) is 0 Å². The summed E-state index contributed by atoms with van der Waals surface area (Å²) in [5.74, 6) is -0.144. The van der Waals surface area contributed by atoms with Gasteiger partial charge in [-0.1, -0.05) is 12.1 Å². The van der Waals surface area contributed by atoms with Crippen LogP contribution in [0, 0.1) is 5.82 Å². The second-order valence-corrected chi connectivity index (χ2v) is 6.63. The number of likely N-dealkylation sites (N-methyl/N-ethyl adjacent to an activating group) is 1. The Hall–Kier alpha value is -0.970. The third kappa shape index (κ3) is 4.02. The van der Waals surface area contributed by atoms with Crippen molar-refractivity contribution in [3.8, 4) is 0 Å². The molecule has 4 heteroatoms. The van der Waals surface area contributed by atoms with Crippen LogP contribution in [0.4, 0.5) is 4.39 Å². The predicted octanol–water partition coefficient (Wildman–Crippen LogP) is 0.620. The molecule has 1 N–H and O–H groups in total. The molecule has 3 rings (SSSR count). The van der Waals surface area contributed by atoms with Gasteiger partial charge in [0.25, 0.3) is 0 Å². The van der Waals surface area contributed by atoms with E-state index >= 15 is 0 Å². The van der Waals surface area contributed by atoms with Gasteiger partial charge in [0.15, 0.2) is 0 Å². The molecule has 0 spiro atoms. The summed E-state index contributed by atoms with van der Waals surface area (Å²) in [6, 6.07) is 7.72. The maximum atomic E-state index is 12.9. The molecule has 0 saturated carbocycles. The Bertz CT molecular complexity index is 432. The van der Waals surface area contributed by atoms with Crippen molar-refractivity contribution < 1.29 is 9.29 Å². The molecule has 21 heavy (non-hydrogen) atoms. The third-order valence-electron chi connectivity index (χ3n) is 5.04. The summed E-state index contributed by atoms with van der Waals surface area (Å²) in [6.45, 7) is 8.39. The van der Waals surface area contributed by atoms with E-state index in [2.05, 4.69) is 16.8 Å². The van der Waals surface area contributed by atoms with Crippen molar-refractivity contribution in [1.29, 1.82) is 0 Å². The fourth-order valence-electron chi connectivity index (χ4n) is 3.56. The van der Waals surface area contributed by atoms with Gasteiger partial charge in [-0.2, -0.15) is 0 Å². The van der Waals surface area contributed by atoms with Crippen molar-refractivity contribution in [2.75, 3.05) is 46.3 Å². The Morgan fingerprint density at radius 3 is 2.29 bits per heavy atom. The number of piperidine rings is 1. The van der Waals surface area contributed by atoms with E-state index in [1.807, 2.05) is 12.1 Å². The lowest BCUT2D eigenvalue weighted by Crippen LogP contribution is -3.12. The fraction of sp³-hybridized carbons (Fsp3) is 0.647. The van der Waals surface area contributed by atoms with Gasteiger partial charge in [-0.15, -0.1) is 0 Å². The molecule has 2 saturated heterocycles. The van der Waals surface area contributed by atoms with Gasteiger partial charge in [-0.3, -0.25) is 9.80 Å². The van der Waals surface area contributed by atoms with E-state index in [4.69, 9.17) is 0 Å². The van der Waals surface area contributed by atoms with Crippen LogP contribution in [-0.4, -0.2) is 62.2 Å². The van der Waals surface area contributed by atoms with Crippen molar-refractivity contribution in [3.63, 3.8) is 0 Å². The van der Waals surface area contributed by atoms with Gasteiger partial charge in [-0.25, -0.2) is 4.39 Å². The molecule has 1 aromatic rings. The fourth-order valence-corrected chi connectivity index (χ4v) is 3.56. The largest absolute Gasteiger partial charge is 0.335 e. The summed E-state index contributed by atoms with van der Waals surface area (Å²) < 4.78 is 12.9. The number of hydrogen-bond donors (Lipinski definition) is 1. The Morgan fingerprint density at radius 2 is 1.67 bits per heavy atom. The highest BCUT2D eigenvalue weighted by atomic mass is 19.1. The topological polar surface area (TPSA) is 10.9 Å². The number of piperazine rings is 1. The summed E-state index contributed by atoms with van der Waals surface area (Å²) in [4.78, 5) is 6.87. The minimum Gasteiger partial charge on any atom is -0.335 e. The molecule has 0 unspecified atom stereocenters. The lowest BCUT2D eigenvalue weighted by molar-refractivity contribution is -0.884. The molecule has 0 radical (unpaired) electrons. The maximum absolute atomic E-state index is 12.9. The van der Waals surface area contributed by atoms with Crippen molar-refractivity contribution in [2.24, 2.45) is 0 Å². The number of rotatable bonds is 3. The average molecular weight is 292 g/mol. The van der Waals surface area contributed by atoms with Gasteiger partial charge >= 0.3 is 0 Å². The molecular weight excluding hydrogens is 265 g/mol. The number of likely N-dealkylation sites (tertiary alicyclic amines) is 1. The van der Waals surface area contributed by atoms with Crippen LogP contribution in [0.5, 0.6) is 0 Å². The standard InChI is InChI=1S/C17H26FN3/c1-19-10-12-21(13-11-19)17-6-8-20(9-7-17)14-15-2-4-16(18)5-3-15/h2-5,17H,6-14H2,1H3/p+1. The van der Waals surface area contributed by atoms with Crippen LogP contribution in [0.2, 0.25) is 0 Å². The smallest absolute Gasteiger partial charge is 0.123 e. The van der Waals surface area contributed by atoms with Crippen LogP contribution in [-0.2, 0) is 6.54 Å². The van der Waals surface area contributed by atoms with Crippen LogP contribution in [0.15, 0.2) is 24.3 Å². The Kier molecular flexibility index (Phi) is 4.88. The molecule has 0 bridgehead atoms. The first-order chi connectivity index (χ1) is 10.2. The van der Waals surface area contributed by atoms with Crippen molar-refractivity contribution in [1.82, 2.24) is 9.80 Å². The van der Waals surface area contributed by atoms with Gasteiger partial charge in [0.2, 0.25) is 0 Å². The number of nitrogens with zero attached hydrogens (tertiary/aromatic N) is 2. The molecule has 116 valence electrons. The Morgan fingerprint density at radius 1 is 1.05 bits per heavy atom. The first-order valence-corrected chi connectivity index (χ1v) is 8.23. The summed E-state index contributed by atoms with van der Waals surface area (Å²) in [6.07, 6.45) is 2.56. The molecule has 0 aliphatic carbocycles. The zero-order chi connectivity index (χ0) is 14.7. The number of benzene rings is 1. The second-order valence-electron chi connectivity index (χ2n) is 6.63. The quantitative estimate of drug-likeness (QED) is 0.876. The van der Waals surface area contributed by atoms with E-state index in [9.17, 15) is 4.39 Å². The van der Waals surface area contributed by atoms with Gasteiger partial charge < -0.3 is 4.90 Å². The highest BCUT2D eigenvalue weighted by Gasteiger charge is 2.27. The van der Waals surface area contributed by atoms with Gasteiger partial charge in [0, 0.05) is 25.7 Å². The van der Waals surface area contributed by atoms with E-state index in [-0.39, 0.29) is 5.82 Å². The molecule has 2 heterocycles. The number of nitrogens with one attached hydrogen (secondary N) is 1. The average Bonchev–Trinajstić information content (AvgIpc) is 2.51. The summed E-state index contributed by atoms with van der Waals surface area (Å²) in [7, 11) is 2.29. The highest BCUT2D eigenvalue weighted by molar-refractivity contribution is 5.15. The number of hydrogen-bond acceptors (Lipinski definition) is 2. The first-order valence-electron chi connectivity index (χ1n) is 8.23. The highest BCUT2D eigenvalue weighted by Crippen LogP contribution is 2.18. The summed E-state index contributed by atoms with van der Waals surface area (Å²) in [5, 5.41) is 0. The molecule has 2 aliphatic heterocycles. The molecule has 2 aliphatic rings. The lowest BCUT2D eigenvalue weighted by Gasteiger charge is -2.40.